The molecule has 1 fully saturated rings. The molecule has 2 aromatic carbocycles. The molecule has 0 radical (unpaired) electrons. The van der Waals surface area contributed by atoms with Crippen LogP contribution < -0.4 is 14.9 Å². The Bertz CT molecular complexity index is 893. The maximum absolute atomic E-state index is 13.3. The summed E-state index contributed by atoms with van der Waals surface area (Å²) < 4.78 is 25.1. The molecule has 1 heterocycles. The summed E-state index contributed by atoms with van der Waals surface area (Å²) in [7, 11) is -3.36. The monoisotopic (exact) mass is 407 g/mol. The summed E-state index contributed by atoms with van der Waals surface area (Å²) in [4.78, 5) is 15.1. The van der Waals surface area contributed by atoms with Crippen LogP contribution >= 0.6 is 11.6 Å². The lowest BCUT2D eigenvalue weighted by Gasteiger charge is -2.35. The van der Waals surface area contributed by atoms with E-state index in [0.717, 1.165) is 37.9 Å². The van der Waals surface area contributed by atoms with Crippen molar-refractivity contribution < 1.29 is 13.2 Å². The van der Waals surface area contributed by atoms with Gasteiger partial charge in [-0.3, -0.25) is 9.52 Å². The Balaban J connectivity index is 1.89. The van der Waals surface area contributed by atoms with Crippen molar-refractivity contribution in [1.82, 2.24) is 5.32 Å². The molecule has 8 heteroatoms. The molecule has 0 spiro atoms. The minimum absolute atomic E-state index is 0.0914. The van der Waals surface area contributed by atoms with E-state index in [1.165, 1.54) is 0 Å². The van der Waals surface area contributed by atoms with E-state index in [4.69, 9.17) is 11.6 Å². The summed E-state index contributed by atoms with van der Waals surface area (Å²) in [6.45, 7) is 1.72. The van der Waals surface area contributed by atoms with Crippen LogP contribution in [0.1, 0.15) is 23.2 Å². The van der Waals surface area contributed by atoms with Gasteiger partial charge in [-0.1, -0.05) is 11.6 Å². The van der Waals surface area contributed by atoms with Crippen LogP contribution in [0.2, 0.25) is 5.02 Å². The van der Waals surface area contributed by atoms with Gasteiger partial charge in [0.2, 0.25) is 10.0 Å². The van der Waals surface area contributed by atoms with E-state index in [0.29, 0.717) is 16.3 Å². The van der Waals surface area contributed by atoms with Crippen LogP contribution in [0, 0.1) is 0 Å². The number of carbonyl (C=O) groups is 1. The second-order valence-corrected chi connectivity index (χ2v) is 8.77. The second-order valence-electron chi connectivity index (χ2n) is 6.58. The van der Waals surface area contributed by atoms with Crippen LogP contribution in [0.4, 0.5) is 11.4 Å². The molecule has 3 rings (SSSR count). The molecule has 1 aliphatic heterocycles. The Morgan fingerprint density at radius 1 is 1.07 bits per heavy atom. The van der Waals surface area contributed by atoms with Crippen LogP contribution in [0.5, 0.6) is 0 Å². The van der Waals surface area contributed by atoms with Gasteiger partial charge in [0.25, 0.3) is 5.91 Å². The van der Waals surface area contributed by atoms with Gasteiger partial charge in [0.15, 0.2) is 0 Å². The number of nitrogens with one attached hydrogen (secondary N) is 2. The smallest absolute Gasteiger partial charge is 0.258 e. The summed E-state index contributed by atoms with van der Waals surface area (Å²) in [5.74, 6) is -0.116. The molecule has 2 N–H and O–H groups in total. The van der Waals surface area contributed by atoms with Gasteiger partial charge in [-0.25, -0.2) is 8.42 Å². The van der Waals surface area contributed by atoms with Crippen molar-refractivity contribution in [2.45, 2.75) is 18.9 Å². The van der Waals surface area contributed by atoms with Gasteiger partial charge in [-0.15, -0.1) is 0 Å². The van der Waals surface area contributed by atoms with E-state index in [1.807, 2.05) is 17.0 Å². The summed E-state index contributed by atoms with van der Waals surface area (Å²) in [6.07, 6.45) is 2.82. The molecule has 0 saturated carbocycles. The number of sulfonamides is 1. The van der Waals surface area contributed by atoms with Crippen LogP contribution in [0.25, 0.3) is 0 Å². The van der Waals surface area contributed by atoms with E-state index in [2.05, 4.69) is 10.0 Å². The molecule has 6 nitrogen and oxygen atoms in total. The zero-order chi connectivity index (χ0) is 19.4. The largest absolute Gasteiger partial charge is 0.317 e. The Morgan fingerprint density at radius 2 is 1.67 bits per heavy atom. The third-order valence-corrected chi connectivity index (χ3v) is 5.29. The van der Waals surface area contributed by atoms with Crippen LogP contribution in [0.3, 0.4) is 0 Å². The number of amides is 1. The first kappa shape index (κ1) is 19.7. The number of benzene rings is 2. The highest BCUT2D eigenvalue weighted by atomic mass is 35.5. The molecule has 0 atom stereocenters. The predicted molar refractivity (Wildman–Crippen MR) is 109 cm³/mol. The van der Waals surface area contributed by atoms with E-state index in [1.54, 1.807) is 36.4 Å². The molecule has 1 aliphatic rings. The topological polar surface area (TPSA) is 78.5 Å². The quantitative estimate of drug-likeness (QED) is 0.798. The van der Waals surface area contributed by atoms with Crippen molar-refractivity contribution in [3.05, 3.63) is 59.1 Å². The van der Waals surface area contributed by atoms with Crippen molar-refractivity contribution in [2.24, 2.45) is 0 Å². The van der Waals surface area contributed by atoms with Gasteiger partial charge < -0.3 is 10.2 Å². The molecule has 27 heavy (non-hydrogen) atoms. The maximum atomic E-state index is 13.3. The van der Waals surface area contributed by atoms with Crippen LogP contribution in [-0.4, -0.2) is 39.7 Å². The summed E-state index contributed by atoms with van der Waals surface area (Å²) in [5, 5.41) is 3.93. The Labute approximate surface area is 164 Å². The van der Waals surface area contributed by atoms with Crippen LogP contribution in [0.15, 0.2) is 48.5 Å². The molecular formula is C19H22ClN3O3S. The number of hydrogen-bond donors (Lipinski definition) is 2. The fourth-order valence-corrected chi connectivity index (χ4v) is 3.88. The lowest BCUT2D eigenvalue weighted by molar-refractivity contribution is 0.0972. The maximum Gasteiger partial charge on any atom is 0.258 e. The molecule has 144 valence electrons. The molecular weight excluding hydrogens is 386 g/mol. The highest BCUT2D eigenvalue weighted by molar-refractivity contribution is 7.92. The first-order valence-electron chi connectivity index (χ1n) is 8.71. The number of nitrogens with zero attached hydrogens (tertiary/aromatic N) is 1. The average Bonchev–Trinajstić information content (AvgIpc) is 2.64. The van der Waals surface area contributed by atoms with Crippen molar-refractivity contribution >= 4 is 38.9 Å². The standard InChI is InChI=1S/C19H22ClN3O3S/c1-27(25,26)22-16-6-2-14(3-7-16)19(24)23(18-10-12-21-13-11-18)17-8-4-15(20)5-9-17/h2-9,18,21-22H,10-13H2,1H3. The summed E-state index contributed by atoms with van der Waals surface area (Å²) in [6, 6.07) is 13.8. The van der Waals surface area contributed by atoms with Crippen molar-refractivity contribution in [3.63, 3.8) is 0 Å². The third-order valence-electron chi connectivity index (χ3n) is 4.43. The predicted octanol–water partition coefficient (Wildman–Crippen LogP) is 3.11. The number of carbonyl (C=O) groups excluding carboxylic acids is 1. The van der Waals surface area contributed by atoms with E-state index in [9.17, 15) is 13.2 Å². The summed E-state index contributed by atoms with van der Waals surface area (Å²) in [5.41, 5.74) is 1.73. The van der Waals surface area contributed by atoms with E-state index < -0.39 is 10.0 Å². The first-order chi connectivity index (χ1) is 12.8. The number of rotatable bonds is 5. The number of anilines is 2. The van der Waals surface area contributed by atoms with Gasteiger partial charge >= 0.3 is 0 Å². The minimum atomic E-state index is -3.36. The molecule has 0 unspecified atom stereocenters. The first-order valence-corrected chi connectivity index (χ1v) is 11.0. The lowest BCUT2D eigenvalue weighted by atomic mass is 10.0. The van der Waals surface area contributed by atoms with Gasteiger partial charge in [-0.05, 0) is 74.5 Å². The van der Waals surface area contributed by atoms with E-state index >= 15 is 0 Å². The third kappa shape index (κ3) is 5.22. The zero-order valence-corrected chi connectivity index (χ0v) is 16.6. The number of hydrogen-bond acceptors (Lipinski definition) is 4. The molecule has 0 aliphatic carbocycles. The summed E-state index contributed by atoms with van der Waals surface area (Å²) >= 11 is 6.00. The Hall–Kier alpha value is -2.09. The highest BCUT2D eigenvalue weighted by Gasteiger charge is 2.27. The number of piperidine rings is 1. The zero-order valence-electron chi connectivity index (χ0n) is 15.0. The SMILES string of the molecule is CS(=O)(=O)Nc1ccc(C(=O)N(c2ccc(Cl)cc2)C2CCNCC2)cc1. The lowest BCUT2D eigenvalue weighted by Crippen LogP contribution is -2.46. The fourth-order valence-electron chi connectivity index (χ4n) is 3.19. The number of halogens is 1. The van der Waals surface area contributed by atoms with Gasteiger partial charge in [0, 0.05) is 28.0 Å². The van der Waals surface area contributed by atoms with Gasteiger partial charge in [-0.2, -0.15) is 0 Å². The normalized spacial score (nSPS) is 15.3. The molecule has 0 aromatic heterocycles. The van der Waals surface area contributed by atoms with E-state index in [-0.39, 0.29) is 11.9 Å². The highest BCUT2D eigenvalue weighted by Crippen LogP contribution is 2.26. The van der Waals surface area contributed by atoms with Crippen molar-refractivity contribution in [2.75, 3.05) is 29.0 Å². The molecule has 1 saturated heterocycles. The average molecular weight is 408 g/mol. The molecule has 2 aromatic rings. The Morgan fingerprint density at radius 3 is 2.22 bits per heavy atom. The van der Waals surface area contributed by atoms with Crippen molar-refractivity contribution in [3.8, 4) is 0 Å². The molecule has 1 amide bonds. The fraction of sp³-hybridized carbons (Fsp3) is 0.316. The second kappa shape index (κ2) is 8.29. The Kier molecular flexibility index (Phi) is 6.04. The molecule has 0 bridgehead atoms. The van der Waals surface area contributed by atoms with Crippen molar-refractivity contribution in [1.29, 1.82) is 0 Å². The van der Waals surface area contributed by atoms with Crippen LogP contribution in [-0.2, 0) is 10.0 Å². The minimum Gasteiger partial charge on any atom is -0.317 e. The van der Waals surface area contributed by atoms with Gasteiger partial charge in [0.1, 0.15) is 0 Å². The van der Waals surface area contributed by atoms with Gasteiger partial charge in [0.05, 0.1) is 6.26 Å².